The molecule has 2 aromatic rings. The highest BCUT2D eigenvalue weighted by Gasteiger charge is 2.43. The molecule has 1 aromatic heterocycles. The average molecular weight is 324 g/mol. The van der Waals surface area contributed by atoms with Gasteiger partial charge in [0.2, 0.25) is 0 Å². The summed E-state index contributed by atoms with van der Waals surface area (Å²) in [6.45, 7) is 4.04. The average Bonchev–Trinajstić information content (AvgIpc) is 2.60. The molecule has 0 bridgehead atoms. The number of nitrogens with zero attached hydrogens (tertiary/aromatic N) is 1. The van der Waals surface area contributed by atoms with Gasteiger partial charge in [0, 0.05) is 17.4 Å². The normalized spacial score (nSPS) is 24.2. The number of fused-ring (bicyclic) bond motifs is 1. The predicted molar refractivity (Wildman–Crippen MR) is 99.0 cm³/mol. The van der Waals surface area contributed by atoms with Crippen molar-refractivity contribution in [2.75, 3.05) is 0 Å². The first kappa shape index (κ1) is 17.1. The zero-order valence-corrected chi connectivity index (χ0v) is 15.3. The third-order valence-electron chi connectivity index (χ3n) is 6.08. The van der Waals surface area contributed by atoms with E-state index in [1.165, 1.54) is 35.7 Å². The van der Waals surface area contributed by atoms with Crippen LogP contribution < -0.4 is 4.57 Å². The van der Waals surface area contributed by atoms with Gasteiger partial charge in [-0.2, -0.15) is 0 Å². The molecule has 1 saturated carbocycles. The molecule has 2 nitrogen and oxygen atoms in total. The van der Waals surface area contributed by atoms with Crippen molar-refractivity contribution in [3.63, 3.8) is 0 Å². The molecule has 24 heavy (non-hydrogen) atoms. The molecule has 0 atom stereocenters. The van der Waals surface area contributed by atoms with Crippen LogP contribution in [0.4, 0.5) is 0 Å². The Balaban J connectivity index is 2.07. The Kier molecular flexibility index (Phi) is 5.03. The molecule has 1 aromatic carbocycles. The van der Waals surface area contributed by atoms with Crippen LogP contribution in [0, 0.1) is 5.92 Å². The number of Topliss-reactive ketones (excluding diaryl/α,β-unsaturated/α-hetero) is 1. The van der Waals surface area contributed by atoms with Crippen LogP contribution in [0.25, 0.3) is 10.8 Å². The third kappa shape index (κ3) is 3.11. The molecular formula is C22H30NO+. The van der Waals surface area contributed by atoms with E-state index in [9.17, 15) is 4.79 Å². The lowest BCUT2D eigenvalue weighted by atomic mass is 9.64. The lowest BCUT2D eigenvalue weighted by molar-refractivity contribution is -0.682. The highest BCUT2D eigenvalue weighted by molar-refractivity contribution is 5.84. The highest BCUT2D eigenvalue weighted by atomic mass is 16.1. The topological polar surface area (TPSA) is 20.9 Å². The van der Waals surface area contributed by atoms with Crippen LogP contribution >= 0.6 is 0 Å². The molecule has 0 amide bonds. The first-order valence-electron chi connectivity index (χ1n) is 9.46. The monoisotopic (exact) mass is 324 g/mol. The van der Waals surface area contributed by atoms with Gasteiger partial charge < -0.3 is 0 Å². The van der Waals surface area contributed by atoms with Crippen LogP contribution in [-0.2, 0) is 17.3 Å². The predicted octanol–water partition coefficient (Wildman–Crippen LogP) is 4.87. The fourth-order valence-electron chi connectivity index (χ4n) is 4.67. The molecule has 0 aliphatic heterocycles. The number of ketones is 1. The van der Waals surface area contributed by atoms with E-state index < -0.39 is 0 Å². The van der Waals surface area contributed by atoms with E-state index in [0.29, 0.717) is 5.78 Å². The summed E-state index contributed by atoms with van der Waals surface area (Å²) in [5, 5.41) is 2.72. The first-order valence-corrected chi connectivity index (χ1v) is 9.46. The van der Waals surface area contributed by atoms with E-state index in [4.69, 9.17) is 0 Å². The second kappa shape index (κ2) is 7.04. The second-order valence-electron chi connectivity index (χ2n) is 7.63. The Bertz CT molecular complexity index is 726. The minimum Gasteiger partial charge on any atom is -0.300 e. The molecule has 1 fully saturated rings. The van der Waals surface area contributed by atoms with Gasteiger partial charge in [-0.15, -0.1) is 0 Å². The molecule has 1 aliphatic carbocycles. The van der Waals surface area contributed by atoms with Crippen LogP contribution in [0.5, 0.6) is 0 Å². The number of hydrogen-bond acceptors (Lipinski definition) is 1. The lowest BCUT2D eigenvalue weighted by Gasteiger charge is -2.38. The summed E-state index contributed by atoms with van der Waals surface area (Å²) in [4.78, 5) is 11.8. The summed E-state index contributed by atoms with van der Waals surface area (Å²) >= 11 is 0. The second-order valence-corrected chi connectivity index (χ2v) is 7.63. The minimum atomic E-state index is 0.220. The van der Waals surface area contributed by atoms with Crippen molar-refractivity contribution >= 4 is 16.6 Å². The molecule has 3 rings (SSSR count). The number of carbonyl (C=O) groups excluding carboxylic acids is 1. The Morgan fingerprint density at radius 3 is 2.58 bits per heavy atom. The van der Waals surface area contributed by atoms with E-state index in [1.54, 1.807) is 6.92 Å². The molecule has 0 N–H and O–H groups in total. The number of unbranched alkanes of at least 4 members (excludes halogenated alkanes) is 1. The van der Waals surface area contributed by atoms with E-state index in [0.717, 1.165) is 25.7 Å². The van der Waals surface area contributed by atoms with Crippen LogP contribution in [0.15, 0.2) is 36.5 Å². The summed E-state index contributed by atoms with van der Waals surface area (Å²) in [6.07, 6.45) is 10.3. The maximum absolute atomic E-state index is 11.8. The van der Waals surface area contributed by atoms with E-state index in [2.05, 4.69) is 55.1 Å². The van der Waals surface area contributed by atoms with Gasteiger partial charge >= 0.3 is 0 Å². The van der Waals surface area contributed by atoms with Gasteiger partial charge in [-0.3, -0.25) is 4.79 Å². The Morgan fingerprint density at radius 1 is 1.21 bits per heavy atom. The molecule has 1 heterocycles. The summed E-state index contributed by atoms with van der Waals surface area (Å²) in [5.74, 6) is 0.654. The van der Waals surface area contributed by atoms with Crippen molar-refractivity contribution in [1.82, 2.24) is 0 Å². The lowest BCUT2D eigenvalue weighted by Crippen LogP contribution is -2.45. The molecule has 0 radical (unpaired) electrons. The van der Waals surface area contributed by atoms with Crippen LogP contribution in [0.3, 0.4) is 0 Å². The quantitative estimate of drug-likeness (QED) is 0.719. The summed E-state index contributed by atoms with van der Waals surface area (Å²) in [6, 6.07) is 11.0. The maximum Gasteiger partial charge on any atom is 0.195 e. The van der Waals surface area contributed by atoms with E-state index >= 15 is 0 Å². The molecular weight excluding hydrogens is 294 g/mol. The molecule has 0 unspecified atom stereocenters. The van der Waals surface area contributed by atoms with Crippen molar-refractivity contribution < 1.29 is 9.36 Å². The highest BCUT2D eigenvalue weighted by Crippen LogP contribution is 2.46. The van der Waals surface area contributed by atoms with E-state index in [-0.39, 0.29) is 11.3 Å². The number of rotatable bonds is 5. The number of hydrogen-bond donors (Lipinski definition) is 0. The Hall–Kier alpha value is -1.70. The third-order valence-corrected chi connectivity index (χ3v) is 6.08. The van der Waals surface area contributed by atoms with Crippen molar-refractivity contribution in [1.29, 1.82) is 0 Å². The number of aromatic nitrogens is 1. The Labute approximate surface area is 145 Å². The van der Waals surface area contributed by atoms with Gasteiger partial charge in [-0.05, 0) is 50.5 Å². The summed E-state index contributed by atoms with van der Waals surface area (Å²) in [7, 11) is 2.19. The number of benzene rings is 1. The van der Waals surface area contributed by atoms with E-state index in [1.807, 2.05) is 0 Å². The number of pyridine rings is 1. The van der Waals surface area contributed by atoms with Gasteiger partial charge in [0.25, 0.3) is 0 Å². The number of aryl methyl sites for hydroxylation is 1. The van der Waals surface area contributed by atoms with Crippen LogP contribution in [0.1, 0.15) is 64.5 Å². The largest absolute Gasteiger partial charge is 0.300 e. The molecule has 0 spiro atoms. The smallest absolute Gasteiger partial charge is 0.195 e. The van der Waals surface area contributed by atoms with Gasteiger partial charge in [0.15, 0.2) is 11.9 Å². The van der Waals surface area contributed by atoms with Crippen molar-refractivity contribution in [2.45, 2.75) is 64.2 Å². The van der Waals surface area contributed by atoms with Crippen LogP contribution in [-0.4, -0.2) is 5.78 Å². The van der Waals surface area contributed by atoms with Crippen molar-refractivity contribution in [3.05, 3.63) is 42.2 Å². The SMILES string of the molecule is CCCCC1(c2c3ccccc3cc[n+]2C)CCC(C(C)=O)CC1. The van der Waals surface area contributed by atoms with Gasteiger partial charge in [0.1, 0.15) is 12.8 Å². The van der Waals surface area contributed by atoms with Crippen LogP contribution in [0.2, 0.25) is 0 Å². The molecule has 0 saturated heterocycles. The minimum absolute atomic E-state index is 0.220. The zero-order valence-electron chi connectivity index (χ0n) is 15.3. The zero-order chi connectivity index (χ0) is 17.2. The fraction of sp³-hybridized carbons (Fsp3) is 0.545. The Morgan fingerprint density at radius 2 is 1.92 bits per heavy atom. The van der Waals surface area contributed by atoms with Gasteiger partial charge in [-0.1, -0.05) is 38.0 Å². The first-order chi connectivity index (χ1) is 11.6. The number of carbonyl (C=O) groups is 1. The van der Waals surface area contributed by atoms with Crippen molar-refractivity contribution in [2.24, 2.45) is 13.0 Å². The summed E-state index contributed by atoms with van der Waals surface area (Å²) in [5.41, 5.74) is 1.70. The van der Waals surface area contributed by atoms with Gasteiger partial charge in [0.05, 0.1) is 5.41 Å². The summed E-state index contributed by atoms with van der Waals surface area (Å²) < 4.78 is 2.34. The molecule has 2 heteroatoms. The standard InChI is InChI=1S/C22H30NO/c1-4-5-13-22(14-10-18(11-15-22)17(2)24)21-20-9-7-6-8-19(20)12-16-23(21)3/h6-9,12,16,18H,4-5,10-11,13-15H2,1-3H3/q+1. The molecule has 1 aliphatic rings. The fourth-order valence-corrected chi connectivity index (χ4v) is 4.67. The van der Waals surface area contributed by atoms with Crippen molar-refractivity contribution in [3.8, 4) is 0 Å². The maximum atomic E-state index is 11.8. The molecule has 128 valence electrons. The van der Waals surface area contributed by atoms with Gasteiger partial charge in [-0.25, -0.2) is 4.57 Å².